The zero-order valence-corrected chi connectivity index (χ0v) is 15.9. The van der Waals surface area contributed by atoms with E-state index < -0.39 is 0 Å². The van der Waals surface area contributed by atoms with E-state index in [0.717, 1.165) is 24.3 Å². The Morgan fingerprint density at radius 1 is 1.18 bits per heavy atom. The maximum absolute atomic E-state index is 13.1. The van der Waals surface area contributed by atoms with Gasteiger partial charge in [0.1, 0.15) is 19.0 Å². The molecule has 144 valence electrons. The first-order chi connectivity index (χ1) is 13.7. The van der Waals surface area contributed by atoms with Crippen molar-refractivity contribution in [2.24, 2.45) is 0 Å². The van der Waals surface area contributed by atoms with E-state index in [1.54, 1.807) is 12.1 Å². The molecule has 1 amide bonds. The Kier molecular flexibility index (Phi) is 4.31. The molecule has 1 aromatic carbocycles. The van der Waals surface area contributed by atoms with Crippen LogP contribution in [0.25, 0.3) is 5.65 Å². The standard InChI is InChI=1S/C20H19ClN4O3/c21-15-10-14(11-16-18(15)28-9-8-27-16)20(26)24-6-3-4-13(12-24)19-23-22-17-5-1-2-7-25(17)19/h1-2,5,7,10-11,13H,3-4,6,8-9,12H2. The van der Waals surface area contributed by atoms with Gasteiger partial charge in [-0.1, -0.05) is 17.7 Å². The number of hydrogen-bond acceptors (Lipinski definition) is 5. The quantitative estimate of drug-likeness (QED) is 0.663. The molecule has 3 aromatic rings. The van der Waals surface area contributed by atoms with E-state index >= 15 is 0 Å². The van der Waals surface area contributed by atoms with Crippen molar-refractivity contribution < 1.29 is 14.3 Å². The predicted octanol–water partition coefficient (Wildman–Crippen LogP) is 3.17. The van der Waals surface area contributed by atoms with Gasteiger partial charge in [-0.15, -0.1) is 10.2 Å². The number of carbonyl (C=O) groups excluding carboxylic acids is 1. The summed E-state index contributed by atoms with van der Waals surface area (Å²) in [4.78, 5) is 15.0. The number of aromatic nitrogens is 3. The second-order valence-corrected chi connectivity index (χ2v) is 7.47. The molecule has 2 aliphatic heterocycles. The van der Waals surface area contributed by atoms with Crippen LogP contribution in [-0.2, 0) is 0 Å². The molecule has 1 atom stereocenters. The van der Waals surface area contributed by atoms with Gasteiger partial charge in [-0.2, -0.15) is 0 Å². The highest BCUT2D eigenvalue weighted by Crippen LogP contribution is 2.39. The number of nitrogens with zero attached hydrogens (tertiary/aromatic N) is 4. The first-order valence-electron chi connectivity index (χ1n) is 9.39. The highest BCUT2D eigenvalue weighted by atomic mass is 35.5. The van der Waals surface area contributed by atoms with Gasteiger partial charge < -0.3 is 14.4 Å². The molecule has 8 heteroatoms. The van der Waals surface area contributed by atoms with E-state index in [2.05, 4.69) is 10.2 Å². The maximum Gasteiger partial charge on any atom is 0.254 e. The zero-order valence-electron chi connectivity index (χ0n) is 15.2. The Bertz CT molecular complexity index is 1050. The number of carbonyl (C=O) groups is 1. The molecular weight excluding hydrogens is 380 g/mol. The van der Waals surface area contributed by atoms with Gasteiger partial charge in [0.15, 0.2) is 17.1 Å². The monoisotopic (exact) mass is 398 g/mol. The zero-order chi connectivity index (χ0) is 19.1. The number of ether oxygens (including phenoxy) is 2. The average molecular weight is 399 g/mol. The lowest BCUT2D eigenvalue weighted by Gasteiger charge is -2.32. The highest BCUT2D eigenvalue weighted by Gasteiger charge is 2.29. The molecule has 5 rings (SSSR count). The summed E-state index contributed by atoms with van der Waals surface area (Å²) >= 11 is 6.31. The minimum absolute atomic E-state index is 0.0580. The largest absolute Gasteiger partial charge is 0.486 e. The summed E-state index contributed by atoms with van der Waals surface area (Å²) in [5.74, 6) is 2.02. The van der Waals surface area contributed by atoms with Crippen LogP contribution >= 0.6 is 11.6 Å². The van der Waals surface area contributed by atoms with Gasteiger partial charge in [-0.05, 0) is 37.1 Å². The summed E-state index contributed by atoms with van der Waals surface area (Å²) in [7, 11) is 0. The van der Waals surface area contributed by atoms with Crippen molar-refractivity contribution in [3.8, 4) is 11.5 Å². The number of hydrogen-bond donors (Lipinski definition) is 0. The van der Waals surface area contributed by atoms with Crippen LogP contribution in [0, 0.1) is 0 Å². The van der Waals surface area contributed by atoms with Crippen molar-refractivity contribution in [1.82, 2.24) is 19.5 Å². The third-order valence-electron chi connectivity index (χ3n) is 5.26. The highest BCUT2D eigenvalue weighted by molar-refractivity contribution is 6.32. The first kappa shape index (κ1) is 17.3. The third kappa shape index (κ3) is 2.96. The number of pyridine rings is 1. The van der Waals surface area contributed by atoms with Crippen LogP contribution in [0.3, 0.4) is 0 Å². The van der Waals surface area contributed by atoms with Crippen LogP contribution in [0.2, 0.25) is 5.02 Å². The Morgan fingerprint density at radius 2 is 2.07 bits per heavy atom. The smallest absolute Gasteiger partial charge is 0.254 e. The molecule has 0 N–H and O–H groups in total. The van der Waals surface area contributed by atoms with Crippen LogP contribution in [0.1, 0.15) is 34.9 Å². The summed E-state index contributed by atoms with van der Waals surface area (Å²) in [6.07, 6.45) is 3.85. The summed E-state index contributed by atoms with van der Waals surface area (Å²) in [6.45, 7) is 2.21. The van der Waals surface area contributed by atoms with Crippen LogP contribution < -0.4 is 9.47 Å². The predicted molar refractivity (Wildman–Crippen MR) is 103 cm³/mol. The Hall–Kier alpha value is -2.80. The maximum atomic E-state index is 13.1. The fourth-order valence-electron chi connectivity index (χ4n) is 3.93. The van der Waals surface area contributed by atoms with Crippen LogP contribution in [0.4, 0.5) is 0 Å². The second kappa shape index (κ2) is 6.98. The second-order valence-electron chi connectivity index (χ2n) is 7.06. The van der Waals surface area contributed by atoms with E-state index in [-0.39, 0.29) is 11.8 Å². The SMILES string of the molecule is O=C(c1cc(Cl)c2c(c1)OCCO2)N1CCCC(c2nnc3ccccn23)C1. The van der Waals surface area contributed by atoms with Crippen molar-refractivity contribution in [2.45, 2.75) is 18.8 Å². The van der Waals surface area contributed by atoms with Crippen LogP contribution in [0.5, 0.6) is 11.5 Å². The normalized spacial score (nSPS) is 19.0. The van der Waals surface area contributed by atoms with E-state index in [1.807, 2.05) is 33.7 Å². The van der Waals surface area contributed by atoms with E-state index in [4.69, 9.17) is 21.1 Å². The Morgan fingerprint density at radius 3 is 3.00 bits per heavy atom. The molecule has 4 heterocycles. The molecule has 0 bridgehead atoms. The first-order valence-corrected chi connectivity index (χ1v) is 9.76. The lowest BCUT2D eigenvalue weighted by Crippen LogP contribution is -2.39. The number of rotatable bonds is 2. The number of amides is 1. The van der Waals surface area contributed by atoms with E-state index in [9.17, 15) is 4.79 Å². The molecule has 1 unspecified atom stereocenters. The van der Waals surface area contributed by atoms with Crippen molar-refractivity contribution in [1.29, 1.82) is 0 Å². The molecule has 2 aromatic heterocycles. The summed E-state index contributed by atoms with van der Waals surface area (Å²) in [6, 6.07) is 9.21. The third-order valence-corrected chi connectivity index (χ3v) is 5.54. The van der Waals surface area contributed by atoms with Crippen molar-refractivity contribution in [2.75, 3.05) is 26.3 Å². The molecule has 0 aliphatic carbocycles. The minimum atomic E-state index is -0.0580. The van der Waals surface area contributed by atoms with Gasteiger partial charge in [0.2, 0.25) is 0 Å². The molecule has 28 heavy (non-hydrogen) atoms. The average Bonchev–Trinajstić information content (AvgIpc) is 3.17. The van der Waals surface area contributed by atoms with Gasteiger partial charge in [0, 0.05) is 30.8 Å². The van der Waals surface area contributed by atoms with Gasteiger partial charge in [-0.3, -0.25) is 9.20 Å². The molecule has 0 spiro atoms. The van der Waals surface area contributed by atoms with Crippen LogP contribution in [0.15, 0.2) is 36.5 Å². The number of likely N-dealkylation sites (tertiary alicyclic amines) is 1. The number of piperidine rings is 1. The van der Waals surface area contributed by atoms with Gasteiger partial charge in [-0.25, -0.2) is 0 Å². The number of benzene rings is 1. The van der Waals surface area contributed by atoms with E-state index in [1.165, 1.54) is 0 Å². The lowest BCUT2D eigenvalue weighted by molar-refractivity contribution is 0.0703. The number of halogens is 1. The van der Waals surface area contributed by atoms with E-state index in [0.29, 0.717) is 48.4 Å². The molecule has 0 radical (unpaired) electrons. The molecule has 0 saturated carbocycles. The fraction of sp³-hybridized carbons (Fsp3) is 0.350. The van der Waals surface area contributed by atoms with Crippen molar-refractivity contribution in [3.63, 3.8) is 0 Å². The summed E-state index contributed by atoms with van der Waals surface area (Å²) in [5.41, 5.74) is 1.33. The molecule has 1 saturated heterocycles. The minimum Gasteiger partial charge on any atom is -0.486 e. The molecule has 2 aliphatic rings. The van der Waals surface area contributed by atoms with Crippen LogP contribution in [-0.4, -0.2) is 51.7 Å². The van der Waals surface area contributed by atoms with Crippen molar-refractivity contribution in [3.05, 3.63) is 52.9 Å². The Labute approximate surface area is 166 Å². The molecular formula is C20H19ClN4O3. The fourth-order valence-corrected chi connectivity index (χ4v) is 4.19. The van der Waals surface area contributed by atoms with Gasteiger partial charge >= 0.3 is 0 Å². The molecule has 7 nitrogen and oxygen atoms in total. The van der Waals surface area contributed by atoms with Crippen molar-refractivity contribution >= 4 is 23.2 Å². The summed E-state index contributed by atoms with van der Waals surface area (Å²) in [5, 5.41) is 9.02. The van der Waals surface area contributed by atoms with Gasteiger partial charge in [0.05, 0.1) is 5.02 Å². The topological polar surface area (TPSA) is 69.0 Å². The van der Waals surface area contributed by atoms with Gasteiger partial charge in [0.25, 0.3) is 5.91 Å². The molecule has 1 fully saturated rings. The number of fused-ring (bicyclic) bond motifs is 2. The lowest BCUT2D eigenvalue weighted by atomic mass is 9.96. The summed E-state index contributed by atoms with van der Waals surface area (Å²) < 4.78 is 13.2. The Balaban J connectivity index is 1.41.